The van der Waals surface area contributed by atoms with Crippen LogP contribution in [0.15, 0.2) is 54.6 Å². The molecule has 0 radical (unpaired) electrons. The molecule has 0 atom stereocenters. The van der Waals surface area contributed by atoms with Crippen LogP contribution in [0.5, 0.6) is 11.5 Å². The number of nitrogens with one attached hydrogen (secondary N) is 2. The highest BCUT2D eigenvalue weighted by atomic mass is 35.5. The number of fused-ring (bicyclic) bond motifs is 1. The second-order valence-corrected chi connectivity index (χ2v) is 6.19. The largest absolute Gasteiger partial charge is 0.486 e. The van der Waals surface area contributed by atoms with E-state index in [4.69, 9.17) is 21.1 Å². The maximum Gasteiger partial charge on any atom is 0.276 e. The van der Waals surface area contributed by atoms with Gasteiger partial charge in [0.05, 0.1) is 0 Å². The Morgan fingerprint density at radius 2 is 1.78 bits per heavy atom. The van der Waals surface area contributed by atoms with Gasteiger partial charge in [-0.3, -0.25) is 4.79 Å². The van der Waals surface area contributed by atoms with E-state index in [-0.39, 0.29) is 11.6 Å². The van der Waals surface area contributed by atoms with Crippen molar-refractivity contribution in [2.24, 2.45) is 0 Å². The lowest BCUT2D eigenvalue weighted by molar-refractivity contribution is 0.102. The topological polar surface area (TPSA) is 85.4 Å². The van der Waals surface area contributed by atoms with Crippen LogP contribution in [0.3, 0.4) is 0 Å². The molecule has 1 aromatic heterocycles. The number of ether oxygens (including phenoxy) is 2. The van der Waals surface area contributed by atoms with Crippen molar-refractivity contribution < 1.29 is 14.3 Å². The zero-order valence-electron chi connectivity index (χ0n) is 14.1. The second-order valence-electron chi connectivity index (χ2n) is 5.75. The molecule has 27 heavy (non-hydrogen) atoms. The first-order chi connectivity index (χ1) is 13.2. The lowest BCUT2D eigenvalue weighted by Gasteiger charge is -2.19. The number of hydrogen-bond donors (Lipinski definition) is 2. The summed E-state index contributed by atoms with van der Waals surface area (Å²) < 4.78 is 11.0. The summed E-state index contributed by atoms with van der Waals surface area (Å²) in [6, 6.07) is 15.7. The van der Waals surface area contributed by atoms with Gasteiger partial charge in [0.1, 0.15) is 13.2 Å². The average molecular weight is 383 g/mol. The van der Waals surface area contributed by atoms with Crippen LogP contribution in [0.25, 0.3) is 0 Å². The van der Waals surface area contributed by atoms with Crippen molar-refractivity contribution in [1.29, 1.82) is 0 Å². The molecule has 4 rings (SSSR count). The third-order valence-corrected chi connectivity index (χ3v) is 4.03. The fourth-order valence-corrected chi connectivity index (χ4v) is 2.74. The molecule has 8 heteroatoms. The number of hydrogen-bond acceptors (Lipinski definition) is 6. The van der Waals surface area contributed by atoms with E-state index < -0.39 is 0 Å². The maximum atomic E-state index is 12.2. The number of nitrogens with zero attached hydrogens (tertiary/aromatic N) is 2. The fourth-order valence-electron chi connectivity index (χ4n) is 2.55. The van der Waals surface area contributed by atoms with E-state index in [1.54, 1.807) is 36.4 Å². The smallest absolute Gasteiger partial charge is 0.276 e. The first-order valence-electron chi connectivity index (χ1n) is 8.25. The predicted molar refractivity (Wildman–Crippen MR) is 102 cm³/mol. The lowest BCUT2D eigenvalue weighted by atomic mass is 10.2. The molecule has 0 saturated carbocycles. The van der Waals surface area contributed by atoms with E-state index in [9.17, 15) is 4.79 Å². The first-order valence-corrected chi connectivity index (χ1v) is 8.62. The van der Waals surface area contributed by atoms with Gasteiger partial charge in [0.2, 0.25) is 0 Å². The molecule has 0 fully saturated rings. The minimum absolute atomic E-state index is 0.197. The van der Waals surface area contributed by atoms with Gasteiger partial charge in [-0.15, -0.1) is 10.2 Å². The molecule has 0 spiro atoms. The third kappa shape index (κ3) is 4.09. The Balaban J connectivity index is 1.43. The number of carbonyl (C=O) groups excluding carboxylic acids is 1. The van der Waals surface area contributed by atoms with Crippen LogP contribution in [-0.2, 0) is 0 Å². The van der Waals surface area contributed by atoms with Crippen molar-refractivity contribution in [3.05, 3.63) is 65.3 Å². The number of anilines is 3. The minimum atomic E-state index is -0.365. The Morgan fingerprint density at radius 1 is 0.926 bits per heavy atom. The van der Waals surface area contributed by atoms with Gasteiger partial charge in [-0.25, -0.2) is 0 Å². The van der Waals surface area contributed by atoms with Crippen LogP contribution in [0.4, 0.5) is 17.2 Å². The molecule has 7 nitrogen and oxygen atoms in total. The van der Waals surface area contributed by atoms with Crippen molar-refractivity contribution in [1.82, 2.24) is 10.2 Å². The number of halogens is 1. The summed E-state index contributed by atoms with van der Waals surface area (Å²) in [7, 11) is 0. The zero-order chi connectivity index (χ0) is 18.6. The molecule has 2 N–H and O–H groups in total. The fraction of sp³-hybridized carbons (Fsp3) is 0.105. The van der Waals surface area contributed by atoms with Crippen LogP contribution in [0.1, 0.15) is 10.5 Å². The summed E-state index contributed by atoms with van der Waals surface area (Å²) in [4.78, 5) is 12.2. The summed E-state index contributed by atoms with van der Waals surface area (Å²) in [5.74, 6) is 1.53. The molecule has 1 aliphatic rings. The Morgan fingerprint density at radius 3 is 2.56 bits per heavy atom. The highest BCUT2D eigenvalue weighted by Gasteiger charge is 2.13. The molecule has 1 amide bonds. The van der Waals surface area contributed by atoms with Crippen LogP contribution in [0.2, 0.25) is 5.02 Å². The first kappa shape index (κ1) is 17.1. The Labute approximate surface area is 160 Å². The minimum Gasteiger partial charge on any atom is -0.486 e. The number of carbonyl (C=O) groups is 1. The normalized spacial score (nSPS) is 12.3. The highest BCUT2D eigenvalue weighted by Crippen LogP contribution is 2.33. The quantitative estimate of drug-likeness (QED) is 0.711. The predicted octanol–water partition coefficient (Wildman–Crippen LogP) is 3.90. The molecule has 2 aromatic carbocycles. The molecule has 0 saturated heterocycles. The van der Waals surface area contributed by atoms with E-state index in [1.165, 1.54) is 0 Å². The Kier molecular flexibility index (Phi) is 4.76. The van der Waals surface area contributed by atoms with Gasteiger partial charge in [0, 0.05) is 22.5 Å². The van der Waals surface area contributed by atoms with Gasteiger partial charge in [-0.1, -0.05) is 17.7 Å². The van der Waals surface area contributed by atoms with Crippen LogP contribution in [-0.4, -0.2) is 29.3 Å². The Hall–Kier alpha value is -3.32. The van der Waals surface area contributed by atoms with E-state index in [0.29, 0.717) is 41.2 Å². The molecule has 0 unspecified atom stereocenters. The van der Waals surface area contributed by atoms with Crippen LogP contribution in [0, 0.1) is 0 Å². The monoisotopic (exact) mass is 382 g/mol. The van der Waals surface area contributed by atoms with Gasteiger partial charge in [0.25, 0.3) is 5.91 Å². The molecule has 2 heterocycles. The summed E-state index contributed by atoms with van der Waals surface area (Å²) in [6.07, 6.45) is 0. The van der Waals surface area contributed by atoms with E-state index in [1.807, 2.05) is 18.2 Å². The van der Waals surface area contributed by atoms with Crippen LogP contribution >= 0.6 is 11.6 Å². The summed E-state index contributed by atoms with van der Waals surface area (Å²) >= 11 is 5.91. The standard InChI is InChI=1S/C19H15ClN4O3/c20-12-2-1-3-13(10-12)22-19(25)15-5-7-18(24-23-15)21-14-4-6-16-17(11-14)27-9-8-26-16/h1-7,10-11H,8-9H2,(H,21,24)(H,22,25). The second kappa shape index (κ2) is 7.51. The number of amides is 1. The van der Waals surface area contributed by atoms with Gasteiger partial charge in [-0.2, -0.15) is 0 Å². The van der Waals surface area contributed by atoms with Crippen molar-refractivity contribution in [2.75, 3.05) is 23.8 Å². The molecule has 1 aliphatic heterocycles. The van der Waals surface area contributed by atoms with Gasteiger partial charge < -0.3 is 20.1 Å². The van der Waals surface area contributed by atoms with E-state index >= 15 is 0 Å². The zero-order valence-corrected chi connectivity index (χ0v) is 14.9. The van der Waals surface area contributed by atoms with Gasteiger partial charge in [-0.05, 0) is 42.5 Å². The van der Waals surface area contributed by atoms with Crippen molar-refractivity contribution >= 4 is 34.7 Å². The lowest BCUT2D eigenvalue weighted by Crippen LogP contribution is -2.15. The molecular weight excluding hydrogens is 368 g/mol. The number of rotatable bonds is 4. The number of benzene rings is 2. The van der Waals surface area contributed by atoms with E-state index in [2.05, 4.69) is 20.8 Å². The van der Waals surface area contributed by atoms with Crippen molar-refractivity contribution in [3.63, 3.8) is 0 Å². The Bertz CT molecular complexity index is 979. The molecule has 0 bridgehead atoms. The highest BCUT2D eigenvalue weighted by molar-refractivity contribution is 6.30. The summed E-state index contributed by atoms with van der Waals surface area (Å²) in [5, 5.41) is 14.4. The van der Waals surface area contributed by atoms with Gasteiger partial charge >= 0.3 is 0 Å². The maximum absolute atomic E-state index is 12.2. The summed E-state index contributed by atoms with van der Waals surface area (Å²) in [6.45, 7) is 1.07. The molecule has 0 aliphatic carbocycles. The third-order valence-electron chi connectivity index (χ3n) is 3.79. The molecule has 3 aromatic rings. The SMILES string of the molecule is O=C(Nc1cccc(Cl)c1)c1ccc(Nc2ccc3c(c2)OCCO3)nn1. The van der Waals surface area contributed by atoms with Crippen molar-refractivity contribution in [3.8, 4) is 11.5 Å². The van der Waals surface area contributed by atoms with E-state index in [0.717, 1.165) is 5.69 Å². The summed E-state index contributed by atoms with van der Waals surface area (Å²) in [5.41, 5.74) is 1.57. The molecule has 136 valence electrons. The van der Waals surface area contributed by atoms with Gasteiger partial charge in [0.15, 0.2) is 23.0 Å². The molecular formula is C19H15ClN4O3. The average Bonchev–Trinajstić information content (AvgIpc) is 2.68. The number of aromatic nitrogens is 2. The van der Waals surface area contributed by atoms with Crippen LogP contribution < -0.4 is 20.1 Å². The van der Waals surface area contributed by atoms with Crippen molar-refractivity contribution in [2.45, 2.75) is 0 Å².